The van der Waals surface area contributed by atoms with Crippen LogP contribution in [0.25, 0.3) is 0 Å². The minimum atomic E-state index is -4.57. The molecule has 0 saturated heterocycles. The summed E-state index contributed by atoms with van der Waals surface area (Å²) < 4.78 is 39.3. The van der Waals surface area contributed by atoms with Crippen LogP contribution in [0.15, 0.2) is 11.6 Å². The van der Waals surface area contributed by atoms with Crippen LogP contribution in [0.4, 0.5) is 13.2 Å². The molecule has 0 radical (unpaired) electrons. The summed E-state index contributed by atoms with van der Waals surface area (Å²) in [6.07, 6.45) is 6.36. The molecular weight excluding hydrogens is 514 g/mol. The number of hydrogen-bond donors (Lipinski definition) is 2. The van der Waals surface area contributed by atoms with E-state index in [1.165, 1.54) is 18.4 Å². The second-order valence-corrected chi connectivity index (χ2v) is 12.1. The Hall–Kier alpha value is 0.242. The Balaban J connectivity index is 0.00000289. The minimum Gasteiger partial charge on any atom is -0.390 e. The van der Waals surface area contributed by atoms with Crippen LogP contribution in [0, 0.1) is 40.9 Å². The second kappa shape index (κ2) is 9.03. The van der Waals surface area contributed by atoms with Crippen LogP contribution in [0.5, 0.6) is 0 Å². The molecule has 0 aromatic rings. The summed E-state index contributed by atoms with van der Waals surface area (Å²) in [6, 6.07) is 0. The smallest absolute Gasteiger partial charge is 0.390 e. The van der Waals surface area contributed by atoms with Crippen LogP contribution in [-0.2, 0) is 27.3 Å². The van der Waals surface area contributed by atoms with E-state index in [1.807, 2.05) is 6.92 Å². The fraction of sp³-hybridized carbons (Fsp3) is 0.885. The van der Waals surface area contributed by atoms with Gasteiger partial charge in [-0.15, -0.1) is 0 Å². The monoisotopic (exact) mass is 555 g/mol. The molecule has 3 unspecified atom stereocenters. The third kappa shape index (κ3) is 4.69. The van der Waals surface area contributed by atoms with Crippen molar-refractivity contribution in [3.8, 4) is 0 Å². The molecule has 0 aromatic carbocycles. The van der Waals surface area contributed by atoms with Gasteiger partial charge in [0.25, 0.3) is 0 Å². The Morgan fingerprint density at radius 1 is 1.19 bits per heavy atom. The zero-order valence-electron chi connectivity index (χ0n) is 20.3. The molecule has 0 bridgehead atoms. The van der Waals surface area contributed by atoms with Gasteiger partial charge in [-0.1, -0.05) is 44.9 Å². The van der Waals surface area contributed by atoms with Crippen LogP contribution in [-0.4, -0.2) is 27.6 Å². The summed E-state index contributed by atoms with van der Waals surface area (Å²) >= 11 is 0. The van der Waals surface area contributed by atoms with Crippen LogP contribution < -0.4 is 0 Å². The van der Waals surface area contributed by atoms with E-state index in [9.17, 15) is 23.4 Å². The average molecular weight is 554 g/mol. The number of alkyl halides is 3. The molecule has 0 amide bonds. The number of aliphatic hydroxyl groups is 2. The average Bonchev–Trinajstić information content (AvgIpc) is 3.01. The topological polar surface area (TPSA) is 40.5 Å². The summed E-state index contributed by atoms with van der Waals surface area (Å²) in [6.45, 7) is 7.37. The predicted octanol–water partition coefficient (Wildman–Crippen LogP) is 6.61. The molecule has 4 rings (SSSR count). The van der Waals surface area contributed by atoms with Crippen molar-refractivity contribution in [3.05, 3.63) is 17.6 Å². The summed E-state index contributed by atoms with van der Waals surface area (Å²) in [5.41, 5.74) is -1.58. The van der Waals surface area contributed by atoms with E-state index in [1.54, 1.807) is 5.92 Å². The molecule has 0 aromatic heterocycles. The van der Waals surface area contributed by atoms with Gasteiger partial charge >= 0.3 is 6.18 Å². The van der Waals surface area contributed by atoms with Gasteiger partial charge in [-0.05, 0) is 82.0 Å². The third-order valence-electron chi connectivity index (χ3n) is 9.90. The van der Waals surface area contributed by atoms with Gasteiger partial charge in [0.05, 0.1) is 5.60 Å². The SMILES string of the molecule is C[C@H](CC[C@](C)(O)C(F)(F)F)[C@H]1CCC2C3CC=C4C[C@@](C)(O)CC[C-]4C3CC[C@@]21C.[Cd]. The van der Waals surface area contributed by atoms with Crippen molar-refractivity contribution in [2.75, 3.05) is 0 Å². The molecule has 0 heterocycles. The molecule has 4 aliphatic carbocycles. The first-order valence-electron chi connectivity index (χ1n) is 12.3. The first kappa shape index (κ1) is 26.8. The number of halogens is 3. The van der Waals surface area contributed by atoms with Crippen LogP contribution in [0.2, 0.25) is 0 Å². The zero-order chi connectivity index (χ0) is 22.8. The van der Waals surface area contributed by atoms with Crippen molar-refractivity contribution in [2.24, 2.45) is 35.0 Å². The Bertz CT molecular complexity index is 716. The Morgan fingerprint density at radius 2 is 1.88 bits per heavy atom. The summed E-state index contributed by atoms with van der Waals surface area (Å²) in [4.78, 5) is 0. The van der Waals surface area contributed by atoms with Gasteiger partial charge in [0.2, 0.25) is 0 Å². The molecular formula is C26H40CdF3O2-. The van der Waals surface area contributed by atoms with Crippen LogP contribution in [0.1, 0.15) is 91.9 Å². The number of hydrogen-bond acceptors (Lipinski definition) is 2. The van der Waals surface area contributed by atoms with E-state index in [0.717, 1.165) is 45.4 Å². The quantitative estimate of drug-likeness (QED) is 0.304. The zero-order valence-corrected chi connectivity index (χ0v) is 24.3. The molecule has 4 aliphatic rings. The van der Waals surface area contributed by atoms with E-state index in [2.05, 4.69) is 19.9 Å². The standard InChI is InChI=1S/C26H40F3O2.Cd/c1-16(9-14-25(4,31)26(27,28)29)21-7-8-22-20-6-5-17-15-23(2,30)12-10-18(17)19(20)11-13-24(21,22)3;/h5,16,19-22,30-31H,6-15H2,1-4H3;/q-1;/t16-,19?,20?,21-,22?,23+,24-,25+;/m1./s1. The molecule has 6 heteroatoms. The summed E-state index contributed by atoms with van der Waals surface area (Å²) in [5, 5.41) is 20.4. The normalized spacial score (nSPS) is 42.0. The number of allylic oxidation sites excluding steroid dienone is 1. The van der Waals surface area contributed by atoms with E-state index < -0.39 is 17.4 Å². The maximum absolute atomic E-state index is 13.1. The molecule has 32 heavy (non-hydrogen) atoms. The van der Waals surface area contributed by atoms with E-state index in [0.29, 0.717) is 30.1 Å². The molecule has 8 atom stereocenters. The Morgan fingerprint density at radius 3 is 2.53 bits per heavy atom. The first-order valence-corrected chi connectivity index (χ1v) is 12.3. The second-order valence-electron chi connectivity index (χ2n) is 12.1. The largest absolute Gasteiger partial charge is 0.416 e. The Labute approximate surface area is 212 Å². The molecule has 180 valence electrons. The predicted molar refractivity (Wildman–Crippen MR) is 116 cm³/mol. The molecule has 0 spiro atoms. The van der Waals surface area contributed by atoms with Gasteiger partial charge in [-0.25, -0.2) is 17.6 Å². The van der Waals surface area contributed by atoms with Crippen molar-refractivity contribution in [3.63, 3.8) is 0 Å². The molecule has 3 saturated carbocycles. The van der Waals surface area contributed by atoms with Crippen molar-refractivity contribution in [2.45, 2.75) is 109 Å². The van der Waals surface area contributed by atoms with Crippen LogP contribution >= 0.6 is 0 Å². The van der Waals surface area contributed by atoms with Gasteiger partial charge < -0.3 is 10.2 Å². The molecule has 2 N–H and O–H groups in total. The van der Waals surface area contributed by atoms with Crippen molar-refractivity contribution in [1.29, 1.82) is 0 Å². The van der Waals surface area contributed by atoms with Gasteiger partial charge in [0.15, 0.2) is 5.60 Å². The third-order valence-corrected chi connectivity index (χ3v) is 9.90. The van der Waals surface area contributed by atoms with Crippen molar-refractivity contribution < 1.29 is 50.7 Å². The van der Waals surface area contributed by atoms with Crippen LogP contribution in [0.3, 0.4) is 0 Å². The molecule has 0 aliphatic heterocycles. The van der Waals surface area contributed by atoms with Crippen molar-refractivity contribution in [1.82, 2.24) is 0 Å². The maximum Gasteiger partial charge on any atom is 0.416 e. The van der Waals surface area contributed by atoms with Gasteiger partial charge in [0.1, 0.15) is 0 Å². The van der Waals surface area contributed by atoms with Crippen molar-refractivity contribution >= 4 is 0 Å². The van der Waals surface area contributed by atoms with Gasteiger partial charge in [-0.3, -0.25) is 0 Å². The molecule has 2 nitrogen and oxygen atoms in total. The minimum absolute atomic E-state index is 0. The van der Waals surface area contributed by atoms with Gasteiger partial charge in [-0.2, -0.15) is 13.2 Å². The van der Waals surface area contributed by atoms with E-state index in [-0.39, 0.29) is 45.1 Å². The maximum atomic E-state index is 13.1. The van der Waals surface area contributed by atoms with E-state index in [4.69, 9.17) is 0 Å². The number of rotatable bonds is 4. The summed E-state index contributed by atoms with van der Waals surface area (Å²) in [7, 11) is 0. The number of fused-ring (bicyclic) bond motifs is 5. The van der Waals surface area contributed by atoms with E-state index >= 15 is 0 Å². The molecule has 3 fully saturated rings. The van der Waals surface area contributed by atoms with Gasteiger partial charge in [0, 0.05) is 27.3 Å². The Kier molecular flexibility index (Phi) is 7.58. The first-order chi connectivity index (χ1) is 14.3. The summed E-state index contributed by atoms with van der Waals surface area (Å²) in [5.74, 6) is 4.14. The fourth-order valence-electron chi connectivity index (χ4n) is 7.96. The fourth-order valence-corrected chi connectivity index (χ4v) is 7.96.